The van der Waals surface area contributed by atoms with Gasteiger partial charge < -0.3 is 39.2 Å². The third kappa shape index (κ3) is 23.8. The molecule has 362 valence electrons. The Hall–Kier alpha value is -2.51. The molecule has 1 aliphatic rings. The monoisotopic (exact) mass is 975 g/mol. The molecule has 15 heteroatoms. The molecule has 0 saturated carbocycles. The largest absolute Gasteiger partial charge is 0.493 e. The number of hydrogen-bond acceptors (Lipinski definition) is 10. The van der Waals surface area contributed by atoms with Crippen LogP contribution in [0.4, 0.5) is 0 Å². The first-order valence-corrected chi connectivity index (χ1v) is 25.2. The molecule has 64 heavy (non-hydrogen) atoms. The van der Waals surface area contributed by atoms with Gasteiger partial charge in [0.25, 0.3) is 0 Å². The molecular weight excluding hydrogens is 904 g/mol. The first kappa shape index (κ1) is 55.8. The number of aliphatic hydroxyl groups is 2. The van der Waals surface area contributed by atoms with E-state index in [1.165, 1.54) is 32.1 Å². The van der Waals surface area contributed by atoms with Crippen LogP contribution in [0.15, 0.2) is 36.4 Å². The Morgan fingerprint density at radius 3 is 1.61 bits per heavy atom. The first-order valence-electron chi connectivity index (χ1n) is 23.7. The van der Waals surface area contributed by atoms with Crippen LogP contribution in [0.5, 0.6) is 11.5 Å². The fraction of sp³-hybridized carbons (Fsp3) is 0.694. The summed E-state index contributed by atoms with van der Waals surface area (Å²) in [5.41, 5.74) is 0. The summed E-state index contributed by atoms with van der Waals surface area (Å²) in [5, 5.41) is 25.9. The number of amides is 1. The lowest BCUT2D eigenvalue weighted by atomic mass is 9.89. The van der Waals surface area contributed by atoms with Crippen LogP contribution in [0.2, 0.25) is 20.1 Å². The molecule has 2 aromatic rings. The lowest BCUT2D eigenvalue weighted by Crippen LogP contribution is -2.62. The second kappa shape index (κ2) is 33.0. The standard InChI is InChI=1S/C49H73Cl4NO10/c1-3-4-5-6-7-8-9-12-17-22-40(62-45(57)23-18-13-10-15-20-25-60-41-29-36(50)27-37(51)30-41)33-44(56)54-47-48(35(2)43(34-55)63-49(47)59)64-46(58)24-19-14-11-16-21-26-61-42-31-38(52)28-39(53)32-42/h27-32,35,40,43,47-49,55,59H,3-26,33-34H2,1-2H3,(H,54,56)/t35-,40+,43-,47-,48+,49?/m1/s1. The Morgan fingerprint density at radius 1 is 0.656 bits per heavy atom. The minimum absolute atomic E-state index is 0.111. The molecule has 11 nitrogen and oxygen atoms in total. The van der Waals surface area contributed by atoms with Crippen molar-refractivity contribution >= 4 is 64.2 Å². The average Bonchev–Trinajstić information content (AvgIpc) is 3.23. The quantitative estimate of drug-likeness (QED) is 0.0457. The van der Waals surface area contributed by atoms with Crippen molar-refractivity contribution in [2.24, 2.45) is 5.92 Å². The minimum atomic E-state index is -1.53. The molecule has 3 N–H and O–H groups in total. The van der Waals surface area contributed by atoms with E-state index < -0.39 is 55.0 Å². The van der Waals surface area contributed by atoms with Crippen molar-refractivity contribution in [1.82, 2.24) is 5.32 Å². The molecule has 0 aliphatic carbocycles. The fourth-order valence-corrected chi connectivity index (χ4v) is 8.84. The summed E-state index contributed by atoms with van der Waals surface area (Å²) in [4.78, 5) is 39.8. The molecule has 0 radical (unpaired) electrons. The second-order valence-corrected chi connectivity index (χ2v) is 18.8. The van der Waals surface area contributed by atoms with Crippen molar-refractivity contribution in [2.75, 3.05) is 19.8 Å². The van der Waals surface area contributed by atoms with Crippen LogP contribution in [-0.2, 0) is 28.6 Å². The summed E-state index contributed by atoms with van der Waals surface area (Å²) in [6.07, 6.45) is 15.4. The molecular formula is C49H73Cl4NO10. The molecule has 2 aromatic carbocycles. The number of halogens is 4. The van der Waals surface area contributed by atoms with Crippen LogP contribution in [0.3, 0.4) is 0 Å². The Balaban J connectivity index is 1.45. The predicted octanol–water partition coefficient (Wildman–Crippen LogP) is 12.4. The maximum Gasteiger partial charge on any atom is 0.306 e. The zero-order chi connectivity index (χ0) is 46.5. The summed E-state index contributed by atoms with van der Waals surface area (Å²) in [5.74, 6) is -0.534. The van der Waals surface area contributed by atoms with Crippen molar-refractivity contribution in [3.05, 3.63) is 56.5 Å². The van der Waals surface area contributed by atoms with Crippen LogP contribution in [0, 0.1) is 5.92 Å². The Bertz CT molecular complexity index is 1600. The number of esters is 2. The summed E-state index contributed by atoms with van der Waals surface area (Å²) < 4.78 is 29.0. The maximum atomic E-state index is 13.6. The molecule has 0 bridgehead atoms. The topological polar surface area (TPSA) is 150 Å². The number of benzene rings is 2. The van der Waals surface area contributed by atoms with E-state index in [1.807, 2.05) is 0 Å². The minimum Gasteiger partial charge on any atom is -0.493 e. The van der Waals surface area contributed by atoms with Crippen molar-refractivity contribution < 1.29 is 48.3 Å². The predicted molar refractivity (Wildman–Crippen MR) is 255 cm³/mol. The van der Waals surface area contributed by atoms with Gasteiger partial charge in [-0.05, 0) is 74.9 Å². The van der Waals surface area contributed by atoms with Crippen molar-refractivity contribution in [3.8, 4) is 11.5 Å². The normalized spacial score (nSPS) is 18.9. The smallest absolute Gasteiger partial charge is 0.306 e. The number of nitrogens with one attached hydrogen (secondary N) is 1. The Kier molecular flexibility index (Phi) is 28.8. The van der Waals surface area contributed by atoms with Gasteiger partial charge in [0.15, 0.2) is 6.29 Å². The van der Waals surface area contributed by atoms with E-state index in [-0.39, 0.29) is 25.2 Å². The maximum absolute atomic E-state index is 13.6. The summed E-state index contributed by atoms with van der Waals surface area (Å²) in [7, 11) is 0. The van der Waals surface area contributed by atoms with Gasteiger partial charge in [-0.25, -0.2) is 0 Å². The molecule has 6 atom stereocenters. The van der Waals surface area contributed by atoms with E-state index in [0.717, 1.165) is 77.0 Å². The lowest BCUT2D eigenvalue weighted by Gasteiger charge is -2.43. The third-order valence-corrected chi connectivity index (χ3v) is 12.3. The van der Waals surface area contributed by atoms with Crippen LogP contribution < -0.4 is 14.8 Å². The van der Waals surface area contributed by atoms with Gasteiger partial charge in [-0.1, -0.05) is 150 Å². The average molecular weight is 978 g/mol. The van der Waals surface area contributed by atoms with E-state index in [1.54, 1.807) is 43.3 Å². The number of ether oxygens (including phenoxy) is 5. The fourth-order valence-electron chi connectivity index (χ4n) is 7.83. The van der Waals surface area contributed by atoms with Crippen LogP contribution in [0.1, 0.15) is 162 Å². The lowest BCUT2D eigenvalue weighted by molar-refractivity contribution is -0.241. The van der Waals surface area contributed by atoms with Gasteiger partial charge in [0, 0.05) is 38.9 Å². The van der Waals surface area contributed by atoms with Gasteiger partial charge >= 0.3 is 11.9 Å². The molecule has 1 fully saturated rings. The van der Waals surface area contributed by atoms with E-state index >= 15 is 0 Å². The molecule has 1 amide bonds. The number of carbonyl (C=O) groups excluding carboxylic acids is 3. The zero-order valence-corrected chi connectivity index (χ0v) is 41.0. The summed E-state index contributed by atoms with van der Waals surface area (Å²) in [6, 6.07) is 9.12. The highest BCUT2D eigenvalue weighted by Gasteiger charge is 2.46. The number of carbonyl (C=O) groups is 3. The molecule has 1 aliphatic heterocycles. The number of rotatable bonds is 34. The van der Waals surface area contributed by atoms with Gasteiger partial charge in [-0.3, -0.25) is 14.4 Å². The van der Waals surface area contributed by atoms with Gasteiger partial charge in [-0.15, -0.1) is 0 Å². The summed E-state index contributed by atoms with van der Waals surface area (Å²) in [6.45, 7) is 4.62. The van der Waals surface area contributed by atoms with Gasteiger partial charge in [0.1, 0.15) is 29.7 Å². The van der Waals surface area contributed by atoms with E-state index in [2.05, 4.69) is 12.2 Å². The van der Waals surface area contributed by atoms with E-state index in [4.69, 9.17) is 70.1 Å². The zero-order valence-electron chi connectivity index (χ0n) is 38.0. The van der Waals surface area contributed by atoms with E-state index in [9.17, 15) is 24.6 Å². The van der Waals surface area contributed by atoms with Gasteiger partial charge in [-0.2, -0.15) is 0 Å². The first-order chi connectivity index (χ1) is 30.9. The number of aliphatic hydroxyl groups excluding tert-OH is 2. The number of unbranched alkanes of at least 4 members (excludes halogenated alkanes) is 16. The molecule has 1 saturated heterocycles. The molecule has 0 spiro atoms. The SMILES string of the molecule is CCCCCCCCCCC[C@@H](CC(=O)N[C@H]1C(O)O[C@H](CO)[C@@H](C)[C@@H]1OC(=O)CCCCCCCOc1cc(Cl)cc(Cl)c1)OC(=O)CCCCCCCOc1cc(Cl)cc(Cl)c1. The van der Waals surface area contributed by atoms with E-state index in [0.29, 0.717) is 64.1 Å². The van der Waals surface area contributed by atoms with Crippen LogP contribution in [-0.4, -0.2) is 78.5 Å². The van der Waals surface area contributed by atoms with Crippen LogP contribution in [0.25, 0.3) is 0 Å². The molecule has 1 unspecified atom stereocenters. The van der Waals surface area contributed by atoms with Crippen molar-refractivity contribution in [2.45, 2.75) is 192 Å². The van der Waals surface area contributed by atoms with Gasteiger partial charge in [0.05, 0.1) is 32.3 Å². The third-order valence-electron chi connectivity index (χ3n) is 11.5. The van der Waals surface area contributed by atoms with Gasteiger partial charge in [0.2, 0.25) is 5.91 Å². The van der Waals surface area contributed by atoms with Crippen molar-refractivity contribution in [1.29, 1.82) is 0 Å². The molecule has 0 aromatic heterocycles. The second-order valence-electron chi connectivity index (χ2n) is 17.0. The van der Waals surface area contributed by atoms with Crippen LogP contribution >= 0.6 is 46.4 Å². The highest BCUT2D eigenvalue weighted by atomic mass is 35.5. The highest BCUT2D eigenvalue weighted by Crippen LogP contribution is 2.29. The molecule has 3 rings (SSSR count). The molecule has 1 heterocycles. The number of hydrogen-bond donors (Lipinski definition) is 3. The highest BCUT2D eigenvalue weighted by molar-refractivity contribution is 6.35. The summed E-state index contributed by atoms with van der Waals surface area (Å²) >= 11 is 24.2. The Labute approximate surface area is 401 Å². The Morgan fingerprint density at radius 2 is 1.11 bits per heavy atom. The van der Waals surface area contributed by atoms with Crippen molar-refractivity contribution in [3.63, 3.8) is 0 Å².